The van der Waals surface area contributed by atoms with E-state index in [1.54, 1.807) is 0 Å². The van der Waals surface area contributed by atoms with Gasteiger partial charge in [0.15, 0.2) is 5.78 Å². The summed E-state index contributed by atoms with van der Waals surface area (Å²) >= 11 is 0. The van der Waals surface area contributed by atoms with Gasteiger partial charge in [-0.05, 0) is 12.0 Å². The van der Waals surface area contributed by atoms with Crippen molar-refractivity contribution in [2.75, 3.05) is 7.11 Å². The molecule has 1 atom stereocenters. The highest BCUT2D eigenvalue weighted by atomic mass is 19.1. The van der Waals surface area contributed by atoms with Gasteiger partial charge in [0.05, 0.1) is 12.7 Å². The van der Waals surface area contributed by atoms with E-state index in [-0.39, 0.29) is 11.4 Å². The quantitative estimate of drug-likeness (QED) is 0.539. The van der Waals surface area contributed by atoms with Gasteiger partial charge in [0, 0.05) is 6.42 Å². The molecular formula is C8H7FO3. The maximum Gasteiger partial charge on any atom is 0.352 e. The number of methoxy groups -OCH3 is 1. The predicted octanol–water partition coefficient (Wildman–Crippen LogP) is 0.541. The molecule has 0 aromatic rings. The summed E-state index contributed by atoms with van der Waals surface area (Å²) in [5.74, 6) is -1.21. The number of alkyl halides is 1. The van der Waals surface area contributed by atoms with Crippen molar-refractivity contribution in [3.8, 4) is 0 Å². The molecule has 0 aromatic heterocycles. The van der Waals surface area contributed by atoms with Gasteiger partial charge in [-0.1, -0.05) is 0 Å². The van der Waals surface area contributed by atoms with E-state index >= 15 is 0 Å². The lowest BCUT2D eigenvalue weighted by atomic mass is 10.0. The lowest BCUT2D eigenvalue weighted by Crippen LogP contribution is -2.28. The fraction of sp³-hybridized carbons (Fsp3) is 0.500. The molecule has 0 radical (unpaired) electrons. The molecule has 3 nitrogen and oxygen atoms in total. The van der Waals surface area contributed by atoms with Gasteiger partial charge in [0.1, 0.15) is 0 Å². The van der Waals surface area contributed by atoms with Crippen LogP contribution in [0.5, 0.6) is 0 Å². The summed E-state index contributed by atoms with van der Waals surface area (Å²) in [6.07, 6.45) is 0.715. The maximum atomic E-state index is 13.5. The summed E-state index contributed by atoms with van der Waals surface area (Å²) in [4.78, 5) is 21.8. The third kappa shape index (κ3) is 0.605. The molecule has 0 aromatic carbocycles. The van der Waals surface area contributed by atoms with Crippen LogP contribution in [0.25, 0.3) is 0 Å². The number of rotatable bonds is 1. The Morgan fingerprint density at radius 2 is 2.25 bits per heavy atom. The topological polar surface area (TPSA) is 43.4 Å². The number of halogens is 1. The van der Waals surface area contributed by atoms with E-state index in [9.17, 15) is 14.0 Å². The van der Waals surface area contributed by atoms with Crippen LogP contribution < -0.4 is 0 Å². The molecule has 0 N–H and O–H groups in total. The van der Waals surface area contributed by atoms with Gasteiger partial charge < -0.3 is 4.74 Å². The van der Waals surface area contributed by atoms with Crippen molar-refractivity contribution in [3.05, 3.63) is 11.1 Å². The minimum atomic E-state index is -2.13. The van der Waals surface area contributed by atoms with Crippen molar-refractivity contribution >= 4 is 11.8 Å². The Hall–Kier alpha value is -1.19. The predicted molar refractivity (Wildman–Crippen MR) is 37.1 cm³/mol. The van der Waals surface area contributed by atoms with Crippen LogP contribution in [0.3, 0.4) is 0 Å². The van der Waals surface area contributed by atoms with E-state index in [2.05, 4.69) is 4.74 Å². The Labute approximate surface area is 68.2 Å². The number of Topliss-reactive ketones (excluding diaryl/α,β-unsaturated/α-hetero) is 1. The monoisotopic (exact) mass is 170 g/mol. The normalized spacial score (nSPS) is 32.0. The zero-order valence-electron chi connectivity index (χ0n) is 6.52. The SMILES string of the molecule is COC(=O)[C@]1(F)C2=C1C(=O)CC2. The summed E-state index contributed by atoms with van der Waals surface area (Å²) in [6, 6.07) is 0. The molecule has 64 valence electrons. The first-order valence-electron chi connectivity index (χ1n) is 3.67. The summed E-state index contributed by atoms with van der Waals surface area (Å²) in [5.41, 5.74) is -1.75. The van der Waals surface area contributed by atoms with Crippen LogP contribution in [0, 0.1) is 0 Å². The number of esters is 1. The van der Waals surface area contributed by atoms with Gasteiger partial charge in [-0.15, -0.1) is 0 Å². The van der Waals surface area contributed by atoms with Crippen molar-refractivity contribution in [1.82, 2.24) is 0 Å². The number of ketones is 1. The van der Waals surface area contributed by atoms with Crippen molar-refractivity contribution in [3.63, 3.8) is 0 Å². The number of hydrogen-bond acceptors (Lipinski definition) is 3. The molecule has 0 heterocycles. The molecule has 0 saturated carbocycles. The van der Waals surface area contributed by atoms with Crippen molar-refractivity contribution in [1.29, 1.82) is 0 Å². The third-order valence-corrected chi connectivity index (χ3v) is 2.35. The summed E-state index contributed by atoms with van der Waals surface area (Å²) < 4.78 is 17.7. The van der Waals surface area contributed by atoms with E-state index in [0.29, 0.717) is 18.4 Å². The Morgan fingerprint density at radius 3 is 2.67 bits per heavy atom. The first-order valence-corrected chi connectivity index (χ1v) is 3.67. The maximum absolute atomic E-state index is 13.5. The molecule has 12 heavy (non-hydrogen) atoms. The van der Waals surface area contributed by atoms with Gasteiger partial charge in [0.25, 0.3) is 5.67 Å². The van der Waals surface area contributed by atoms with Crippen LogP contribution in [-0.4, -0.2) is 24.5 Å². The number of carbonyl (C=O) groups excluding carboxylic acids is 2. The van der Waals surface area contributed by atoms with Crippen LogP contribution in [0.2, 0.25) is 0 Å². The van der Waals surface area contributed by atoms with Crippen LogP contribution in [-0.2, 0) is 14.3 Å². The fourth-order valence-corrected chi connectivity index (χ4v) is 1.69. The van der Waals surface area contributed by atoms with Crippen molar-refractivity contribution in [2.24, 2.45) is 0 Å². The van der Waals surface area contributed by atoms with Crippen molar-refractivity contribution in [2.45, 2.75) is 18.5 Å². The van der Waals surface area contributed by atoms with Crippen LogP contribution >= 0.6 is 0 Å². The molecule has 2 aliphatic carbocycles. The minimum absolute atomic E-state index is 0.0503. The zero-order chi connectivity index (χ0) is 8.93. The Kier molecular flexibility index (Phi) is 1.21. The molecule has 0 saturated heterocycles. The first kappa shape index (κ1) is 7.46. The standard InChI is InChI=1S/C8H7FO3/c1-12-7(11)8(9)4-2-3-5(10)6(4)8/h2-3H2,1H3/t8-/m0/s1. The summed E-state index contributed by atoms with van der Waals surface area (Å²) in [6.45, 7) is 0. The molecule has 0 spiro atoms. The van der Waals surface area contributed by atoms with E-state index in [1.165, 1.54) is 0 Å². The zero-order valence-corrected chi connectivity index (χ0v) is 6.52. The summed E-state index contributed by atoms with van der Waals surface area (Å²) in [7, 11) is 1.11. The van der Waals surface area contributed by atoms with Gasteiger partial charge in [-0.3, -0.25) is 4.79 Å². The van der Waals surface area contributed by atoms with E-state index in [4.69, 9.17) is 0 Å². The van der Waals surface area contributed by atoms with Gasteiger partial charge in [-0.25, -0.2) is 9.18 Å². The highest BCUT2D eigenvalue weighted by Gasteiger charge is 2.66. The molecule has 0 aliphatic heterocycles. The Bertz CT molecular complexity index is 318. The van der Waals surface area contributed by atoms with Gasteiger partial charge >= 0.3 is 5.97 Å². The lowest BCUT2D eigenvalue weighted by Gasteiger charge is -2.09. The third-order valence-electron chi connectivity index (χ3n) is 2.35. The average molecular weight is 170 g/mol. The number of carbonyl (C=O) groups is 2. The summed E-state index contributed by atoms with van der Waals surface area (Å²) in [5, 5.41) is 0. The molecular weight excluding hydrogens is 163 g/mol. The van der Waals surface area contributed by atoms with Gasteiger partial charge in [0.2, 0.25) is 0 Å². The highest BCUT2D eigenvalue weighted by Crippen LogP contribution is 2.55. The van der Waals surface area contributed by atoms with Crippen LogP contribution in [0.1, 0.15) is 12.8 Å². The van der Waals surface area contributed by atoms with E-state index < -0.39 is 11.6 Å². The molecule has 0 unspecified atom stereocenters. The number of hydrogen-bond donors (Lipinski definition) is 0. The second-order valence-corrected chi connectivity index (χ2v) is 2.93. The lowest BCUT2D eigenvalue weighted by molar-refractivity contribution is -0.148. The van der Waals surface area contributed by atoms with Crippen LogP contribution in [0.4, 0.5) is 4.39 Å². The molecule has 2 aliphatic rings. The van der Waals surface area contributed by atoms with E-state index in [1.807, 2.05) is 0 Å². The average Bonchev–Trinajstić information content (AvgIpc) is 2.44. The molecule has 0 amide bonds. The molecule has 0 fully saturated rings. The van der Waals surface area contributed by atoms with Crippen LogP contribution in [0.15, 0.2) is 11.1 Å². The van der Waals surface area contributed by atoms with E-state index in [0.717, 1.165) is 7.11 Å². The number of ether oxygens (including phenoxy) is 1. The minimum Gasteiger partial charge on any atom is -0.466 e. The van der Waals surface area contributed by atoms with Gasteiger partial charge in [-0.2, -0.15) is 0 Å². The van der Waals surface area contributed by atoms with Crippen molar-refractivity contribution < 1.29 is 18.7 Å². The molecule has 4 heteroatoms. The largest absolute Gasteiger partial charge is 0.466 e. The Morgan fingerprint density at radius 1 is 1.58 bits per heavy atom. The highest BCUT2D eigenvalue weighted by molar-refractivity contribution is 6.17. The molecule has 0 bridgehead atoms. The second-order valence-electron chi connectivity index (χ2n) is 2.93. The molecule has 2 rings (SSSR count). The smallest absolute Gasteiger partial charge is 0.352 e. The second kappa shape index (κ2) is 1.94. The first-order chi connectivity index (χ1) is 5.62. The fourth-order valence-electron chi connectivity index (χ4n) is 1.69. The Balaban J connectivity index is 2.23.